The lowest BCUT2D eigenvalue weighted by atomic mass is 9.84. The molecule has 1 atom stereocenters. The lowest BCUT2D eigenvalue weighted by Crippen LogP contribution is -2.28. The van der Waals surface area contributed by atoms with Crippen LogP contribution < -0.4 is 10.5 Å². The molecule has 3 rings (SSSR count). The summed E-state index contributed by atoms with van der Waals surface area (Å²) in [5, 5.41) is 11.1. The van der Waals surface area contributed by atoms with Gasteiger partial charge in [0.2, 0.25) is 5.88 Å². The van der Waals surface area contributed by atoms with Gasteiger partial charge in [-0.15, -0.1) is 0 Å². The second-order valence-electron chi connectivity index (χ2n) is 6.72. The minimum Gasteiger partial charge on any atom is -0.466 e. The Balaban J connectivity index is 2.09. The van der Waals surface area contributed by atoms with Crippen LogP contribution in [0.15, 0.2) is 53.9 Å². The third-order valence-corrected chi connectivity index (χ3v) is 4.78. The Labute approximate surface area is 178 Å². The number of nitrogens with zero attached hydrogens (tertiary/aromatic N) is 1. The van der Waals surface area contributed by atoms with E-state index in [-0.39, 0.29) is 36.8 Å². The summed E-state index contributed by atoms with van der Waals surface area (Å²) in [5.41, 5.74) is 7.78. The van der Waals surface area contributed by atoms with Gasteiger partial charge in [0.25, 0.3) is 5.69 Å². The Hall–Kier alpha value is -3.88. The molecule has 1 aliphatic heterocycles. The van der Waals surface area contributed by atoms with Crippen LogP contribution in [0, 0.1) is 10.1 Å². The molecule has 0 saturated carbocycles. The van der Waals surface area contributed by atoms with Crippen molar-refractivity contribution >= 4 is 17.6 Å². The van der Waals surface area contributed by atoms with Crippen molar-refractivity contribution in [3.05, 3.63) is 69.6 Å². The number of carbonyl (C=O) groups excluding carboxylic acids is 2. The topological polar surface area (TPSA) is 131 Å². The van der Waals surface area contributed by atoms with Crippen molar-refractivity contribution in [2.24, 2.45) is 5.73 Å². The number of non-ortho nitro benzene ring substituents is 1. The summed E-state index contributed by atoms with van der Waals surface area (Å²) in [5.74, 6) is -1.69. The average molecular weight is 426 g/mol. The zero-order valence-corrected chi connectivity index (χ0v) is 17.1. The van der Waals surface area contributed by atoms with Crippen LogP contribution in [0.1, 0.15) is 31.7 Å². The number of nitro benzene ring substituents is 1. The van der Waals surface area contributed by atoms with E-state index >= 15 is 0 Å². The van der Waals surface area contributed by atoms with Crippen LogP contribution in [-0.4, -0.2) is 30.1 Å². The number of carbonyl (C=O) groups is 2. The van der Waals surface area contributed by atoms with Crippen LogP contribution in [-0.2, 0) is 19.1 Å². The van der Waals surface area contributed by atoms with E-state index in [0.717, 1.165) is 0 Å². The number of nitro groups is 1. The molecular weight excluding hydrogens is 404 g/mol. The van der Waals surface area contributed by atoms with Crippen molar-refractivity contribution in [1.29, 1.82) is 0 Å². The molecule has 0 fully saturated rings. The molecule has 0 bridgehead atoms. The summed E-state index contributed by atoms with van der Waals surface area (Å²) in [6, 6.07) is 11.3. The molecule has 162 valence electrons. The van der Waals surface area contributed by atoms with Crippen LogP contribution in [0.5, 0.6) is 5.75 Å². The number of hydrogen-bond donors (Lipinski definition) is 1. The molecule has 2 aromatic rings. The Morgan fingerprint density at radius 2 is 1.81 bits per heavy atom. The fourth-order valence-corrected chi connectivity index (χ4v) is 3.44. The van der Waals surface area contributed by atoms with Gasteiger partial charge in [-0.25, -0.2) is 4.79 Å². The largest absolute Gasteiger partial charge is 0.466 e. The highest BCUT2D eigenvalue weighted by molar-refractivity contribution is 5.93. The predicted octanol–water partition coefficient (Wildman–Crippen LogP) is 3.42. The van der Waals surface area contributed by atoms with Crippen molar-refractivity contribution in [2.75, 3.05) is 13.2 Å². The highest BCUT2D eigenvalue weighted by Crippen LogP contribution is 2.42. The van der Waals surface area contributed by atoms with E-state index in [9.17, 15) is 19.7 Å². The van der Waals surface area contributed by atoms with Crippen LogP contribution in [0.3, 0.4) is 0 Å². The number of esters is 2. The normalized spacial score (nSPS) is 15.0. The molecule has 2 N–H and O–H groups in total. The van der Waals surface area contributed by atoms with Gasteiger partial charge in [-0.1, -0.05) is 18.2 Å². The van der Waals surface area contributed by atoms with E-state index in [1.165, 1.54) is 12.1 Å². The second kappa shape index (κ2) is 9.29. The fourth-order valence-electron chi connectivity index (χ4n) is 3.44. The quantitative estimate of drug-likeness (QED) is 0.405. The molecule has 0 saturated heterocycles. The molecule has 1 unspecified atom stereocenters. The van der Waals surface area contributed by atoms with Crippen molar-refractivity contribution in [3.8, 4) is 16.9 Å². The minimum absolute atomic E-state index is 0.0404. The molecule has 0 spiro atoms. The van der Waals surface area contributed by atoms with Crippen LogP contribution >= 0.6 is 0 Å². The van der Waals surface area contributed by atoms with Gasteiger partial charge in [-0.3, -0.25) is 14.9 Å². The van der Waals surface area contributed by atoms with Crippen molar-refractivity contribution in [1.82, 2.24) is 0 Å². The summed E-state index contributed by atoms with van der Waals surface area (Å²) in [4.78, 5) is 35.5. The molecule has 1 heterocycles. The van der Waals surface area contributed by atoms with Crippen LogP contribution in [0.4, 0.5) is 5.69 Å². The van der Waals surface area contributed by atoms with E-state index < -0.39 is 22.8 Å². The van der Waals surface area contributed by atoms with Crippen LogP contribution in [0.25, 0.3) is 11.1 Å². The summed E-state index contributed by atoms with van der Waals surface area (Å²) < 4.78 is 15.8. The third-order valence-electron chi connectivity index (χ3n) is 4.78. The first-order valence-corrected chi connectivity index (χ1v) is 9.74. The summed E-state index contributed by atoms with van der Waals surface area (Å²) in [7, 11) is 0. The maximum atomic E-state index is 12.6. The molecule has 0 amide bonds. The molecule has 9 nitrogen and oxygen atoms in total. The zero-order chi connectivity index (χ0) is 22.5. The predicted molar refractivity (Wildman–Crippen MR) is 111 cm³/mol. The smallest absolute Gasteiger partial charge is 0.340 e. The van der Waals surface area contributed by atoms with E-state index in [1.54, 1.807) is 44.2 Å². The van der Waals surface area contributed by atoms with Crippen molar-refractivity contribution in [3.63, 3.8) is 0 Å². The molecule has 31 heavy (non-hydrogen) atoms. The molecule has 0 aliphatic carbocycles. The highest BCUT2D eigenvalue weighted by Gasteiger charge is 2.36. The molecule has 0 radical (unpaired) electrons. The third kappa shape index (κ3) is 4.66. The van der Waals surface area contributed by atoms with Gasteiger partial charge < -0.3 is 19.9 Å². The summed E-state index contributed by atoms with van der Waals surface area (Å²) in [6.07, 6.45) is -0.141. The van der Waals surface area contributed by atoms with Crippen molar-refractivity contribution in [2.45, 2.75) is 26.2 Å². The number of nitrogens with two attached hydrogens (primary N) is 1. The Morgan fingerprint density at radius 1 is 1.10 bits per heavy atom. The van der Waals surface area contributed by atoms with Crippen molar-refractivity contribution < 1.29 is 28.7 Å². The first-order chi connectivity index (χ1) is 14.8. The molecule has 9 heteroatoms. The summed E-state index contributed by atoms with van der Waals surface area (Å²) in [6.45, 7) is 3.67. The van der Waals surface area contributed by atoms with Gasteiger partial charge in [0.15, 0.2) is 0 Å². The number of ether oxygens (including phenoxy) is 3. The minimum atomic E-state index is -0.750. The van der Waals surface area contributed by atoms with Gasteiger partial charge >= 0.3 is 11.9 Å². The van der Waals surface area contributed by atoms with Crippen LogP contribution in [0.2, 0.25) is 0 Å². The summed E-state index contributed by atoms with van der Waals surface area (Å²) >= 11 is 0. The molecule has 2 aromatic carbocycles. The maximum Gasteiger partial charge on any atom is 0.340 e. The molecule has 0 aromatic heterocycles. The highest BCUT2D eigenvalue weighted by atomic mass is 16.6. The Morgan fingerprint density at radius 3 is 2.48 bits per heavy atom. The number of hydrogen-bond acceptors (Lipinski definition) is 8. The standard InChI is InChI=1S/C22H22N2O7/c1-3-29-19(25)12-17-16-11-14(13-6-5-7-15(10-13)24(27)28)8-9-18(16)31-21(23)20(17)22(26)30-4-2/h5-11,17H,3-4,12,23H2,1-2H3. The zero-order valence-electron chi connectivity index (χ0n) is 17.1. The monoisotopic (exact) mass is 426 g/mol. The maximum absolute atomic E-state index is 12.6. The van der Waals surface area contributed by atoms with Gasteiger partial charge in [0.1, 0.15) is 11.3 Å². The number of fused-ring (bicyclic) bond motifs is 1. The molecular formula is C22H22N2O7. The number of benzene rings is 2. The van der Waals surface area contributed by atoms with Gasteiger partial charge in [-0.2, -0.15) is 0 Å². The first kappa shape index (κ1) is 21.8. The Bertz CT molecular complexity index is 1060. The first-order valence-electron chi connectivity index (χ1n) is 9.74. The Kier molecular flexibility index (Phi) is 6.54. The molecule has 1 aliphatic rings. The fraction of sp³-hybridized carbons (Fsp3) is 0.273. The SMILES string of the molecule is CCOC(=O)CC1C(C(=O)OCC)=C(N)Oc2ccc(-c3cccc([N+](=O)[O-])c3)cc21. The van der Waals surface area contributed by atoms with E-state index in [2.05, 4.69) is 0 Å². The van der Waals surface area contributed by atoms with Gasteiger partial charge in [0.05, 0.1) is 24.6 Å². The second-order valence-corrected chi connectivity index (χ2v) is 6.72. The lowest BCUT2D eigenvalue weighted by Gasteiger charge is -2.28. The van der Waals surface area contributed by atoms with E-state index in [0.29, 0.717) is 22.4 Å². The van der Waals surface area contributed by atoms with Gasteiger partial charge in [-0.05, 0) is 37.1 Å². The van der Waals surface area contributed by atoms with E-state index in [1.807, 2.05) is 0 Å². The average Bonchev–Trinajstić information content (AvgIpc) is 2.74. The lowest BCUT2D eigenvalue weighted by molar-refractivity contribution is -0.384. The number of rotatable bonds is 7. The van der Waals surface area contributed by atoms with E-state index in [4.69, 9.17) is 19.9 Å². The van der Waals surface area contributed by atoms with Gasteiger partial charge in [0, 0.05) is 23.6 Å².